The first kappa shape index (κ1) is 28.7. The fourth-order valence-electron chi connectivity index (χ4n) is 7.04. The predicted octanol–water partition coefficient (Wildman–Crippen LogP) is 4.40. The van der Waals surface area contributed by atoms with Crippen LogP contribution in [0.5, 0.6) is 5.88 Å². The molecule has 3 aromatic rings. The van der Waals surface area contributed by atoms with Crippen molar-refractivity contribution >= 4 is 21.7 Å². The van der Waals surface area contributed by atoms with Crippen LogP contribution in [-0.4, -0.2) is 57.6 Å². The number of anilines is 1. The zero-order valence-corrected chi connectivity index (χ0v) is 25.9. The Labute approximate surface area is 247 Å². The number of carbonyl (C=O) groups is 1. The molecule has 0 bridgehead atoms. The van der Waals surface area contributed by atoms with E-state index in [1.807, 2.05) is 6.07 Å². The molecule has 6 rings (SSSR count). The molecule has 0 radical (unpaired) electrons. The van der Waals surface area contributed by atoms with E-state index in [-0.39, 0.29) is 16.0 Å². The van der Waals surface area contributed by atoms with Gasteiger partial charge in [0.1, 0.15) is 10.7 Å². The lowest BCUT2D eigenvalue weighted by atomic mass is 9.63. The molecule has 11 nitrogen and oxygen atoms in total. The van der Waals surface area contributed by atoms with Crippen LogP contribution in [0.1, 0.15) is 81.8 Å². The van der Waals surface area contributed by atoms with Gasteiger partial charge in [-0.3, -0.25) is 9.48 Å². The Hall–Kier alpha value is -3.41. The summed E-state index contributed by atoms with van der Waals surface area (Å²) < 4.78 is 37.6. The molecule has 3 aromatic heterocycles. The van der Waals surface area contributed by atoms with E-state index in [1.165, 1.54) is 43.0 Å². The molecule has 4 heterocycles. The van der Waals surface area contributed by atoms with Crippen LogP contribution in [0.25, 0.3) is 5.82 Å². The van der Waals surface area contributed by atoms with Crippen molar-refractivity contribution in [3.63, 3.8) is 0 Å². The fourth-order valence-corrected chi connectivity index (χ4v) is 8.23. The number of hydrogen-bond donors (Lipinski definition) is 1. The maximum atomic E-state index is 13.5. The molecule has 1 saturated heterocycles. The smallest absolute Gasteiger partial charge is 0.268 e. The highest BCUT2D eigenvalue weighted by atomic mass is 32.2. The van der Waals surface area contributed by atoms with Gasteiger partial charge < -0.3 is 9.64 Å². The van der Waals surface area contributed by atoms with Gasteiger partial charge in [-0.2, -0.15) is 5.10 Å². The number of aromatic nitrogens is 5. The van der Waals surface area contributed by atoms with Gasteiger partial charge in [0.05, 0.1) is 17.9 Å². The number of ether oxygens (including phenoxy) is 1. The third-order valence-electron chi connectivity index (χ3n) is 9.36. The van der Waals surface area contributed by atoms with Gasteiger partial charge >= 0.3 is 0 Å². The van der Waals surface area contributed by atoms with Crippen LogP contribution in [-0.2, 0) is 17.1 Å². The molecule has 1 amide bonds. The van der Waals surface area contributed by atoms with Crippen molar-refractivity contribution in [3.8, 4) is 11.7 Å². The maximum Gasteiger partial charge on any atom is 0.268 e. The molecule has 2 aliphatic carbocycles. The molecule has 1 N–H and O–H groups in total. The largest absolute Gasteiger partial charge is 0.477 e. The minimum Gasteiger partial charge on any atom is -0.477 e. The summed E-state index contributed by atoms with van der Waals surface area (Å²) in [5.41, 5.74) is 0.697. The molecule has 2 saturated carbocycles. The number of nitrogens with one attached hydrogen (secondary N) is 1. The molecule has 1 atom stereocenters. The summed E-state index contributed by atoms with van der Waals surface area (Å²) in [7, 11) is -2.50. The minimum atomic E-state index is -4.14. The van der Waals surface area contributed by atoms with E-state index in [1.54, 1.807) is 37.0 Å². The van der Waals surface area contributed by atoms with Gasteiger partial charge in [-0.05, 0) is 88.7 Å². The predicted molar refractivity (Wildman–Crippen MR) is 158 cm³/mol. The minimum absolute atomic E-state index is 0.0379. The molecule has 1 aliphatic heterocycles. The number of carbonyl (C=O) groups excluding carboxylic acids is 1. The van der Waals surface area contributed by atoms with Crippen LogP contribution >= 0.6 is 0 Å². The molecule has 3 fully saturated rings. The van der Waals surface area contributed by atoms with Gasteiger partial charge in [-0.15, -0.1) is 5.10 Å². The highest BCUT2D eigenvalue weighted by Crippen LogP contribution is 2.59. The Morgan fingerprint density at radius 3 is 2.52 bits per heavy atom. The molecular weight excluding hydrogens is 554 g/mol. The number of amides is 1. The number of hydrogen-bond acceptors (Lipinski definition) is 8. The second kappa shape index (κ2) is 10.4. The zero-order chi connectivity index (χ0) is 29.9. The van der Waals surface area contributed by atoms with Gasteiger partial charge in [-0.1, -0.05) is 13.3 Å². The summed E-state index contributed by atoms with van der Waals surface area (Å²) in [6.45, 7) is 9.31. The van der Waals surface area contributed by atoms with Crippen LogP contribution in [0.2, 0.25) is 0 Å². The van der Waals surface area contributed by atoms with E-state index in [0.29, 0.717) is 47.7 Å². The molecule has 12 heteroatoms. The zero-order valence-electron chi connectivity index (χ0n) is 25.1. The third kappa shape index (κ3) is 5.41. The molecule has 42 heavy (non-hydrogen) atoms. The van der Waals surface area contributed by atoms with Crippen molar-refractivity contribution in [2.45, 2.75) is 83.1 Å². The van der Waals surface area contributed by atoms with Gasteiger partial charge in [-0.25, -0.2) is 22.8 Å². The lowest BCUT2D eigenvalue weighted by Gasteiger charge is -2.42. The third-order valence-corrected chi connectivity index (χ3v) is 10.8. The molecular formula is C30H41N7O4S. The standard InChI is InChI=1S/C30H41N7O4S/c1-20-17-29(3,4)36(18-20)27-23(28(38)34-42(39,40)24-19-35(5)32-21(24)2)9-10-25(31-27)37-15-11-26(33-37)41-16-14-30(12-6-13-30)22-7-8-22/h9-11,15,19-20,22H,6-8,12-14,16-18H2,1-5H3,(H,34,38)/t20-/m0/s1. The number of pyridine rings is 1. The van der Waals surface area contributed by atoms with Gasteiger partial charge in [0.2, 0.25) is 5.88 Å². The average molecular weight is 596 g/mol. The first-order valence-electron chi connectivity index (χ1n) is 14.9. The van der Waals surface area contributed by atoms with Gasteiger partial charge in [0.25, 0.3) is 15.9 Å². The lowest BCUT2D eigenvalue weighted by molar-refractivity contribution is 0.0662. The highest BCUT2D eigenvalue weighted by Gasteiger charge is 2.48. The summed E-state index contributed by atoms with van der Waals surface area (Å²) in [6.07, 6.45) is 11.8. The van der Waals surface area contributed by atoms with Crippen LogP contribution in [0.15, 0.2) is 35.5 Å². The number of aryl methyl sites for hydroxylation is 2. The van der Waals surface area contributed by atoms with E-state index >= 15 is 0 Å². The first-order chi connectivity index (χ1) is 19.9. The van der Waals surface area contributed by atoms with E-state index in [4.69, 9.17) is 9.72 Å². The van der Waals surface area contributed by atoms with Crippen LogP contribution in [0.3, 0.4) is 0 Å². The maximum absolute atomic E-state index is 13.5. The van der Waals surface area contributed by atoms with Crippen molar-refractivity contribution in [1.29, 1.82) is 0 Å². The van der Waals surface area contributed by atoms with Crippen LogP contribution in [0.4, 0.5) is 5.82 Å². The SMILES string of the molecule is Cc1nn(C)cc1S(=O)(=O)NC(=O)c1ccc(-n2ccc(OCCC3(C4CC4)CCC3)n2)nc1N1C[C@@H](C)CC1(C)C. The van der Waals surface area contributed by atoms with E-state index in [9.17, 15) is 13.2 Å². The van der Waals surface area contributed by atoms with Crippen molar-refractivity contribution in [2.75, 3.05) is 18.1 Å². The second-order valence-electron chi connectivity index (χ2n) is 13.1. The molecule has 0 unspecified atom stereocenters. The first-order valence-corrected chi connectivity index (χ1v) is 16.4. The highest BCUT2D eigenvalue weighted by molar-refractivity contribution is 7.90. The fraction of sp³-hybridized carbons (Fsp3) is 0.600. The molecule has 0 aromatic carbocycles. The summed E-state index contributed by atoms with van der Waals surface area (Å²) in [6, 6.07) is 5.13. The summed E-state index contributed by atoms with van der Waals surface area (Å²) in [4.78, 5) is 20.5. The summed E-state index contributed by atoms with van der Waals surface area (Å²) in [5.74, 6) is 2.00. The Morgan fingerprint density at radius 2 is 1.93 bits per heavy atom. The number of sulfonamides is 1. The normalized spacial score (nSPS) is 21.3. The number of rotatable bonds is 10. The average Bonchev–Trinajstić information content (AvgIpc) is 3.41. The molecule has 226 valence electrons. The van der Waals surface area contributed by atoms with Crippen molar-refractivity contribution < 1.29 is 17.9 Å². The van der Waals surface area contributed by atoms with Crippen LogP contribution in [0, 0.1) is 24.2 Å². The van der Waals surface area contributed by atoms with Crippen molar-refractivity contribution in [1.82, 2.24) is 29.3 Å². The quantitative estimate of drug-likeness (QED) is 0.366. The lowest BCUT2D eigenvalue weighted by Crippen LogP contribution is -2.41. The second-order valence-corrected chi connectivity index (χ2v) is 14.8. The molecule has 0 spiro atoms. The number of nitrogens with zero attached hydrogens (tertiary/aromatic N) is 6. The van der Waals surface area contributed by atoms with Gasteiger partial charge in [0, 0.05) is 37.6 Å². The Bertz CT molecular complexity index is 1600. The Morgan fingerprint density at radius 1 is 1.17 bits per heavy atom. The Kier molecular flexibility index (Phi) is 7.10. The monoisotopic (exact) mass is 595 g/mol. The van der Waals surface area contributed by atoms with Gasteiger partial charge in [0.15, 0.2) is 5.82 Å². The van der Waals surface area contributed by atoms with Crippen molar-refractivity contribution in [3.05, 3.63) is 41.9 Å². The van der Waals surface area contributed by atoms with E-state index < -0.39 is 15.9 Å². The van der Waals surface area contributed by atoms with E-state index in [2.05, 4.69) is 40.6 Å². The summed E-state index contributed by atoms with van der Waals surface area (Å²) >= 11 is 0. The molecule has 3 aliphatic rings. The van der Waals surface area contributed by atoms with Crippen LogP contribution < -0.4 is 14.4 Å². The van der Waals surface area contributed by atoms with E-state index in [0.717, 1.165) is 18.8 Å². The van der Waals surface area contributed by atoms with Crippen molar-refractivity contribution in [2.24, 2.45) is 24.3 Å². The topological polar surface area (TPSA) is 124 Å². The Balaban J connectivity index is 1.25. The summed E-state index contributed by atoms with van der Waals surface area (Å²) in [5, 5.41) is 8.72.